The molecule has 6 nitrogen and oxygen atoms in total. The molecule has 29 heavy (non-hydrogen) atoms. The van der Waals surface area contributed by atoms with Gasteiger partial charge in [0.15, 0.2) is 5.96 Å². The first-order valence-electron chi connectivity index (χ1n) is 10.1. The van der Waals surface area contributed by atoms with Crippen LogP contribution in [0.25, 0.3) is 10.1 Å². The summed E-state index contributed by atoms with van der Waals surface area (Å²) in [6.45, 7) is 4.87. The van der Waals surface area contributed by atoms with Gasteiger partial charge < -0.3 is 21.1 Å². The molecule has 0 aliphatic rings. The number of nitrogens with zero attached hydrogens (tertiary/aromatic N) is 2. The molecule has 1 unspecified atom stereocenters. The zero-order chi connectivity index (χ0) is 20.3. The van der Waals surface area contributed by atoms with Crippen molar-refractivity contribution in [2.24, 2.45) is 4.99 Å². The van der Waals surface area contributed by atoms with Crippen LogP contribution in [0.2, 0.25) is 0 Å². The van der Waals surface area contributed by atoms with Crippen LogP contribution in [0.5, 0.6) is 0 Å². The predicted molar refractivity (Wildman–Crippen MR) is 123 cm³/mol. The van der Waals surface area contributed by atoms with Crippen molar-refractivity contribution in [1.29, 1.82) is 0 Å². The highest BCUT2D eigenvalue weighted by Crippen LogP contribution is 2.29. The Morgan fingerprint density at radius 2 is 1.93 bits per heavy atom. The number of aliphatic hydroxyl groups excluding tert-OH is 1. The Bertz CT molecular complexity index is 863. The van der Waals surface area contributed by atoms with Crippen LogP contribution in [0.1, 0.15) is 30.7 Å². The van der Waals surface area contributed by atoms with Crippen molar-refractivity contribution in [1.82, 2.24) is 15.6 Å². The highest BCUT2D eigenvalue weighted by Gasteiger charge is 2.11. The number of pyridine rings is 1. The van der Waals surface area contributed by atoms with Gasteiger partial charge in [-0.2, -0.15) is 0 Å². The van der Waals surface area contributed by atoms with E-state index in [1.165, 1.54) is 10.1 Å². The van der Waals surface area contributed by atoms with Gasteiger partial charge in [0.2, 0.25) is 0 Å². The zero-order valence-corrected chi connectivity index (χ0v) is 17.6. The van der Waals surface area contributed by atoms with Crippen LogP contribution in [0, 0.1) is 0 Å². The van der Waals surface area contributed by atoms with Crippen LogP contribution in [-0.2, 0) is 0 Å². The van der Waals surface area contributed by atoms with E-state index in [1.807, 2.05) is 37.3 Å². The summed E-state index contributed by atoms with van der Waals surface area (Å²) in [6, 6.07) is 16.1. The average Bonchev–Trinajstić information content (AvgIpc) is 3.19. The van der Waals surface area contributed by atoms with Gasteiger partial charge in [0, 0.05) is 35.4 Å². The number of hydrogen-bond donors (Lipinski definition) is 4. The van der Waals surface area contributed by atoms with Crippen molar-refractivity contribution >= 4 is 33.2 Å². The van der Waals surface area contributed by atoms with E-state index in [2.05, 4.69) is 44.1 Å². The largest absolute Gasteiger partial charge is 0.386 e. The van der Waals surface area contributed by atoms with Gasteiger partial charge in [-0.3, -0.25) is 4.99 Å². The van der Waals surface area contributed by atoms with Gasteiger partial charge in [0.1, 0.15) is 11.9 Å². The van der Waals surface area contributed by atoms with Gasteiger partial charge in [-0.1, -0.05) is 24.3 Å². The smallest absolute Gasteiger partial charge is 0.191 e. The molecular formula is C22H29N5OS. The van der Waals surface area contributed by atoms with E-state index in [-0.39, 0.29) is 0 Å². The maximum atomic E-state index is 10.5. The summed E-state index contributed by atoms with van der Waals surface area (Å²) < 4.78 is 1.19. The van der Waals surface area contributed by atoms with Crippen LogP contribution in [0.4, 0.5) is 5.82 Å². The lowest BCUT2D eigenvalue weighted by Gasteiger charge is -2.13. The minimum absolute atomic E-state index is 0.337. The molecule has 0 fully saturated rings. The third-order valence-electron chi connectivity index (χ3n) is 4.41. The molecule has 2 aromatic heterocycles. The maximum absolute atomic E-state index is 10.5. The second-order valence-electron chi connectivity index (χ2n) is 6.70. The predicted octanol–water partition coefficient (Wildman–Crippen LogP) is 3.78. The highest BCUT2D eigenvalue weighted by molar-refractivity contribution is 7.19. The van der Waals surface area contributed by atoms with E-state index < -0.39 is 6.10 Å². The quantitative estimate of drug-likeness (QED) is 0.232. The molecule has 154 valence electrons. The summed E-state index contributed by atoms with van der Waals surface area (Å²) in [6.07, 6.45) is 3.25. The fourth-order valence-corrected chi connectivity index (χ4v) is 3.96. The lowest BCUT2D eigenvalue weighted by molar-refractivity contribution is 0.191. The molecule has 1 aromatic carbocycles. The fraction of sp³-hybridized carbons (Fsp3) is 0.364. The van der Waals surface area contributed by atoms with Crippen molar-refractivity contribution in [2.75, 3.05) is 31.5 Å². The van der Waals surface area contributed by atoms with E-state index in [0.29, 0.717) is 6.54 Å². The molecule has 1 atom stereocenters. The van der Waals surface area contributed by atoms with E-state index in [0.717, 1.165) is 49.1 Å². The summed E-state index contributed by atoms with van der Waals surface area (Å²) in [7, 11) is 0. The second-order valence-corrected chi connectivity index (χ2v) is 7.81. The Morgan fingerprint density at radius 1 is 1.10 bits per heavy atom. The second kappa shape index (κ2) is 11.4. The molecule has 4 N–H and O–H groups in total. The van der Waals surface area contributed by atoms with Gasteiger partial charge >= 0.3 is 0 Å². The summed E-state index contributed by atoms with van der Waals surface area (Å²) >= 11 is 1.62. The van der Waals surface area contributed by atoms with Crippen LogP contribution in [-0.4, -0.2) is 42.2 Å². The van der Waals surface area contributed by atoms with Gasteiger partial charge in [-0.15, -0.1) is 11.3 Å². The standard InChI is InChI=1S/C22H29N5OS/c1-2-23-22(26-14-8-7-13-25-21-11-5-6-12-24-21)27-16-18(28)20-15-17-9-3-4-10-19(17)29-20/h3-6,9-12,15,18,28H,2,7-8,13-14,16H2,1H3,(H,24,25)(H2,23,26,27). The molecule has 0 spiro atoms. The number of nitrogens with one attached hydrogen (secondary N) is 3. The molecule has 7 heteroatoms. The van der Waals surface area contributed by atoms with E-state index >= 15 is 0 Å². The van der Waals surface area contributed by atoms with Crippen molar-refractivity contribution in [2.45, 2.75) is 25.9 Å². The Hall–Kier alpha value is -2.64. The van der Waals surface area contributed by atoms with E-state index in [1.54, 1.807) is 17.5 Å². The molecule has 3 rings (SSSR count). The first-order chi connectivity index (χ1) is 14.3. The number of hydrogen-bond acceptors (Lipinski definition) is 5. The monoisotopic (exact) mass is 411 g/mol. The van der Waals surface area contributed by atoms with Gasteiger partial charge in [0.25, 0.3) is 0 Å². The molecule has 0 aliphatic heterocycles. The highest BCUT2D eigenvalue weighted by atomic mass is 32.1. The third-order valence-corrected chi connectivity index (χ3v) is 5.62. The molecule has 0 aliphatic carbocycles. The number of rotatable bonds is 10. The molecule has 0 saturated heterocycles. The number of anilines is 1. The number of fused-ring (bicyclic) bond motifs is 1. The number of guanidine groups is 1. The molecule has 0 bridgehead atoms. The molecular weight excluding hydrogens is 382 g/mol. The van der Waals surface area contributed by atoms with Crippen LogP contribution >= 0.6 is 11.3 Å². The van der Waals surface area contributed by atoms with Crippen molar-refractivity contribution in [3.63, 3.8) is 0 Å². The Morgan fingerprint density at radius 3 is 2.72 bits per heavy atom. The van der Waals surface area contributed by atoms with E-state index in [4.69, 9.17) is 0 Å². The van der Waals surface area contributed by atoms with Gasteiger partial charge in [-0.05, 0) is 49.4 Å². The van der Waals surface area contributed by atoms with Crippen molar-refractivity contribution in [3.8, 4) is 0 Å². The lowest BCUT2D eigenvalue weighted by atomic mass is 10.2. The number of aliphatic imine (C=N–C) groups is 1. The Balaban J connectivity index is 1.41. The minimum Gasteiger partial charge on any atom is -0.386 e. The molecule has 0 radical (unpaired) electrons. The van der Waals surface area contributed by atoms with Gasteiger partial charge in [0.05, 0.1) is 6.54 Å². The van der Waals surface area contributed by atoms with Gasteiger partial charge in [-0.25, -0.2) is 4.98 Å². The zero-order valence-electron chi connectivity index (χ0n) is 16.8. The minimum atomic E-state index is -0.592. The van der Waals surface area contributed by atoms with E-state index in [9.17, 15) is 5.11 Å². The normalized spacial score (nSPS) is 12.7. The molecule has 0 saturated carbocycles. The fourth-order valence-electron chi connectivity index (χ4n) is 2.92. The topological polar surface area (TPSA) is 81.6 Å². The first-order valence-corrected chi connectivity index (χ1v) is 10.9. The molecule has 3 aromatic rings. The van der Waals surface area contributed by atoms with Crippen molar-refractivity contribution < 1.29 is 5.11 Å². The van der Waals surface area contributed by atoms with Crippen molar-refractivity contribution in [3.05, 3.63) is 59.6 Å². The molecule has 0 amide bonds. The number of benzene rings is 1. The summed E-state index contributed by atoms with van der Waals surface area (Å²) in [4.78, 5) is 9.75. The van der Waals surface area contributed by atoms with Crippen LogP contribution < -0.4 is 16.0 Å². The summed E-state index contributed by atoms with van der Waals surface area (Å²) in [5.41, 5.74) is 0. The molecule has 2 heterocycles. The van der Waals surface area contributed by atoms with Crippen LogP contribution in [0.3, 0.4) is 0 Å². The SMILES string of the molecule is CCNC(=NCC(O)c1cc2ccccc2s1)NCCCCNc1ccccn1. The first kappa shape index (κ1) is 21.1. The Labute approximate surface area is 176 Å². The maximum Gasteiger partial charge on any atom is 0.191 e. The number of aliphatic hydroxyl groups is 1. The summed E-state index contributed by atoms with van der Waals surface area (Å²) in [5, 5.41) is 21.6. The number of aromatic nitrogens is 1. The number of thiophene rings is 1. The average molecular weight is 412 g/mol. The lowest BCUT2D eigenvalue weighted by Crippen LogP contribution is -2.38. The van der Waals surface area contributed by atoms with Crippen LogP contribution in [0.15, 0.2) is 59.7 Å². The number of unbranched alkanes of at least 4 members (excludes halogenated alkanes) is 1. The summed E-state index contributed by atoms with van der Waals surface area (Å²) in [5.74, 6) is 1.65. The Kier molecular flexibility index (Phi) is 8.27. The third kappa shape index (κ3) is 6.73.